The average molecular weight is 520 g/mol. The Morgan fingerprint density at radius 1 is 1.17 bits per heavy atom. The van der Waals surface area contributed by atoms with Gasteiger partial charge in [-0.1, -0.05) is 18.5 Å². The zero-order chi connectivity index (χ0) is 25.1. The summed E-state index contributed by atoms with van der Waals surface area (Å²) in [5, 5.41) is 15.6. The minimum Gasteiger partial charge on any atom is -0.504 e. The molecule has 9 heteroatoms. The highest BCUT2D eigenvalue weighted by atomic mass is 35.5. The first-order valence-corrected chi connectivity index (χ1v) is 13.9. The number of fused-ring (bicyclic) bond motifs is 5. The number of hydrogen-bond donors (Lipinski definition) is 2. The molecule has 3 aliphatic carbocycles. The third-order valence-corrected chi connectivity index (χ3v) is 9.91. The first-order valence-electron chi connectivity index (χ1n) is 12.0. The van der Waals surface area contributed by atoms with Crippen LogP contribution >= 0.6 is 11.6 Å². The maximum Gasteiger partial charge on any atom is 0.339 e. The quantitative estimate of drug-likeness (QED) is 0.561. The second kappa shape index (κ2) is 8.68. The lowest BCUT2D eigenvalue weighted by atomic mass is 9.55. The maximum atomic E-state index is 13.1. The van der Waals surface area contributed by atoms with Crippen molar-refractivity contribution in [2.45, 2.75) is 62.4 Å². The number of benzene rings is 2. The Morgan fingerprint density at radius 2 is 1.94 bits per heavy atom. The van der Waals surface area contributed by atoms with Crippen LogP contribution in [0.25, 0.3) is 0 Å². The van der Waals surface area contributed by atoms with Crippen molar-refractivity contribution in [3.8, 4) is 11.5 Å². The fraction of sp³-hybridized carbons (Fsp3) is 0.500. The van der Waals surface area contributed by atoms with Crippen LogP contribution in [0.5, 0.6) is 11.5 Å². The smallest absolute Gasteiger partial charge is 0.339 e. The van der Waals surface area contributed by atoms with E-state index in [0.717, 1.165) is 38.5 Å². The number of esters is 1. The van der Waals surface area contributed by atoms with E-state index in [9.17, 15) is 18.3 Å². The molecule has 188 valence electrons. The SMILES string of the molecule is COc1cc2c(cc1O)CC[C@@H]1[C@@H]2CC[C@]2(C)[C@@H](OC(=O)c3cc(S(N)(=O)=O)ccc3Cl)CC[C@@H]12. The molecule has 5 rings (SSSR count). The average Bonchev–Trinajstić information content (AvgIpc) is 3.13. The Hall–Kier alpha value is -2.29. The first kappa shape index (κ1) is 24.4. The molecule has 2 fully saturated rings. The molecule has 0 unspecified atom stereocenters. The van der Waals surface area contributed by atoms with Gasteiger partial charge >= 0.3 is 5.97 Å². The number of ether oxygens (including phenoxy) is 2. The molecule has 3 N–H and O–H groups in total. The lowest BCUT2D eigenvalue weighted by Gasteiger charge is -2.50. The molecule has 0 bridgehead atoms. The highest BCUT2D eigenvalue weighted by molar-refractivity contribution is 7.89. The van der Waals surface area contributed by atoms with Crippen molar-refractivity contribution >= 4 is 27.6 Å². The summed E-state index contributed by atoms with van der Waals surface area (Å²) in [7, 11) is -2.40. The second-order valence-corrected chi connectivity index (χ2v) is 12.3. The molecule has 5 atom stereocenters. The molecule has 0 heterocycles. The highest BCUT2D eigenvalue weighted by Gasteiger charge is 2.56. The zero-order valence-corrected chi connectivity index (χ0v) is 21.4. The summed E-state index contributed by atoms with van der Waals surface area (Å²) in [6.07, 6.45) is 5.26. The summed E-state index contributed by atoms with van der Waals surface area (Å²) in [5.74, 6) is 1.33. The molecule has 2 aromatic rings. The number of hydrogen-bond acceptors (Lipinski definition) is 6. The molecule has 0 aromatic heterocycles. The van der Waals surface area contributed by atoms with Crippen LogP contribution in [0.15, 0.2) is 35.2 Å². The second-order valence-electron chi connectivity index (χ2n) is 10.3. The van der Waals surface area contributed by atoms with Crippen LogP contribution in [0.4, 0.5) is 0 Å². The van der Waals surface area contributed by atoms with Gasteiger partial charge in [0.1, 0.15) is 6.10 Å². The predicted molar refractivity (Wildman–Crippen MR) is 131 cm³/mol. The van der Waals surface area contributed by atoms with E-state index in [4.69, 9.17) is 26.2 Å². The highest BCUT2D eigenvalue weighted by Crippen LogP contribution is 2.62. The van der Waals surface area contributed by atoms with Gasteiger partial charge in [-0.15, -0.1) is 0 Å². The normalized spacial score (nSPS) is 29.6. The number of nitrogens with two attached hydrogens (primary N) is 1. The van der Waals surface area contributed by atoms with Crippen LogP contribution in [-0.4, -0.2) is 32.7 Å². The molecular weight excluding hydrogens is 490 g/mol. The summed E-state index contributed by atoms with van der Waals surface area (Å²) < 4.78 is 34.9. The van der Waals surface area contributed by atoms with Gasteiger partial charge < -0.3 is 14.6 Å². The zero-order valence-electron chi connectivity index (χ0n) is 19.8. The van der Waals surface area contributed by atoms with E-state index >= 15 is 0 Å². The topological polar surface area (TPSA) is 116 Å². The van der Waals surface area contributed by atoms with Crippen LogP contribution in [0, 0.1) is 17.3 Å². The number of sulfonamides is 1. The van der Waals surface area contributed by atoms with Gasteiger partial charge in [0.2, 0.25) is 10.0 Å². The number of primary sulfonamides is 1. The molecule has 35 heavy (non-hydrogen) atoms. The van der Waals surface area contributed by atoms with Gasteiger partial charge in [0.15, 0.2) is 11.5 Å². The summed E-state index contributed by atoms with van der Waals surface area (Å²) in [5.41, 5.74) is 2.31. The number of carbonyl (C=O) groups excluding carboxylic acids is 1. The van der Waals surface area contributed by atoms with Crippen molar-refractivity contribution in [3.05, 3.63) is 52.0 Å². The minimum atomic E-state index is -3.97. The molecule has 2 saturated carbocycles. The lowest BCUT2D eigenvalue weighted by molar-refractivity contribution is -0.0428. The van der Waals surface area contributed by atoms with E-state index in [1.165, 1.54) is 29.3 Å². The summed E-state index contributed by atoms with van der Waals surface area (Å²) in [6, 6.07) is 7.66. The van der Waals surface area contributed by atoms with Gasteiger partial charge in [0, 0.05) is 5.41 Å². The number of phenolic OH excluding ortho intramolecular Hbond substituents is 1. The van der Waals surface area contributed by atoms with Crippen molar-refractivity contribution in [1.82, 2.24) is 0 Å². The Balaban J connectivity index is 1.38. The summed E-state index contributed by atoms with van der Waals surface area (Å²) >= 11 is 6.21. The van der Waals surface area contributed by atoms with Crippen molar-refractivity contribution in [1.29, 1.82) is 0 Å². The number of methoxy groups -OCH3 is 1. The van der Waals surface area contributed by atoms with Crippen LogP contribution in [0.3, 0.4) is 0 Å². The van der Waals surface area contributed by atoms with E-state index < -0.39 is 16.0 Å². The summed E-state index contributed by atoms with van der Waals surface area (Å²) in [4.78, 5) is 12.9. The molecule has 7 nitrogen and oxygen atoms in total. The fourth-order valence-corrected chi connectivity index (χ4v) is 7.66. The van der Waals surface area contributed by atoms with Crippen molar-refractivity contribution in [2.75, 3.05) is 7.11 Å². The molecule has 0 amide bonds. The number of carbonyl (C=O) groups is 1. The monoisotopic (exact) mass is 519 g/mol. The van der Waals surface area contributed by atoms with Crippen molar-refractivity contribution < 1.29 is 27.8 Å². The van der Waals surface area contributed by atoms with Gasteiger partial charge in [-0.3, -0.25) is 0 Å². The van der Waals surface area contributed by atoms with Crippen molar-refractivity contribution in [3.63, 3.8) is 0 Å². The van der Waals surface area contributed by atoms with Gasteiger partial charge in [0.25, 0.3) is 0 Å². The van der Waals surface area contributed by atoms with Crippen LogP contribution in [-0.2, 0) is 21.2 Å². The van der Waals surface area contributed by atoms with Gasteiger partial charge in [-0.05, 0) is 97.7 Å². The number of aryl methyl sites for hydroxylation is 1. The standard InChI is InChI=1S/C26H30ClNO6S/c1-26-10-9-16-17(5-3-14-11-22(29)23(33-2)13-18(14)16)20(26)6-8-24(26)34-25(30)19-12-15(35(28,31)32)4-7-21(19)27/h4,7,11-13,16-17,20,24,29H,3,5-6,8-10H2,1-2H3,(H2,28,31,32)/t16-,17+,20-,24-,26-/m0/s1. The van der Waals surface area contributed by atoms with E-state index in [1.807, 2.05) is 12.1 Å². The fourth-order valence-electron chi connectivity index (χ4n) is 6.93. The van der Waals surface area contributed by atoms with Gasteiger partial charge in [0.05, 0.1) is 22.6 Å². The first-order chi connectivity index (χ1) is 16.5. The Morgan fingerprint density at radius 3 is 2.66 bits per heavy atom. The van der Waals surface area contributed by atoms with Crippen LogP contribution < -0.4 is 9.88 Å². The van der Waals surface area contributed by atoms with Crippen LogP contribution in [0.2, 0.25) is 5.02 Å². The molecule has 0 spiro atoms. The maximum absolute atomic E-state index is 13.1. The lowest BCUT2D eigenvalue weighted by Crippen LogP contribution is -2.45. The molecule has 0 saturated heterocycles. The number of rotatable bonds is 4. The third-order valence-electron chi connectivity index (χ3n) is 8.67. The van der Waals surface area contributed by atoms with E-state index in [0.29, 0.717) is 23.5 Å². The molecule has 0 aliphatic heterocycles. The molecule has 3 aliphatic rings. The largest absolute Gasteiger partial charge is 0.504 e. The van der Waals surface area contributed by atoms with E-state index in [1.54, 1.807) is 7.11 Å². The summed E-state index contributed by atoms with van der Waals surface area (Å²) in [6.45, 7) is 2.22. The van der Waals surface area contributed by atoms with Gasteiger partial charge in [-0.2, -0.15) is 0 Å². The van der Waals surface area contributed by atoms with E-state index in [2.05, 4.69) is 6.92 Å². The predicted octanol–water partition coefficient (Wildman–Crippen LogP) is 4.78. The molecule has 2 aromatic carbocycles. The third kappa shape index (κ3) is 4.09. The number of phenols is 1. The number of aromatic hydroxyl groups is 1. The molecular formula is C26H30ClNO6S. The Kier molecular flexibility index (Phi) is 6.05. The Bertz CT molecular complexity index is 1290. The van der Waals surface area contributed by atoms with Crippen LogP contribution in [0.1, 0.15) is 66.4 Å². The molecule has 0 radical (unpaired) electrons. The number of halogens is 1. The van der Waals surface area contributed by atoms with Crippen molar-refractivity contribution in [2.24, 2.45) is 22.4 Å². The minimum absolute atomic E-state index is 0.0115. The van der Waals surface area contributed by atoms with Gasteiger partial charge in [-0.25, -0.2) is 18.4 Å². The Labute approximate surface area is 210 Å². The van der Waals surface area contributed by atoms with E-state index in [-0.39, 0.29) is 32.8 Å².